The first-order valence-corrected chi connectivity index (χ1v) is 9.60. The molecule has 2 rings (SSSR count). The Morgan fingerprint density at radius 1 is 1.41 bits per heavy atom. The minimum atomic E-state index is -3.16. The lowest BCUT2D eigenvalue weighted by molar-refractivity contribution is 0.312. The van der Waals surface area contributed by atoms with E-state index in [9.17, 15) is 13.2 Å². The minimum absolute atomic E-state index is 0.0134. The average Bonchev–Trinajstić information content (AvgIpc) is 2.52. The fourth-order valence-electron chi connectivity index (χ4n) is 2.62. The molecule has 0 aromatic carbocycles. The van der Waals surface area contributed by atoms with Gasteiger partial charge in [-0.2, -0.15) is 5.10 Å². The van der Waals surface area contributed by atoms with E-state index in [1.54, 1.807) is 27.2 Å². The quantitative estimate of drug-likeness (QED) is 0.756. The standard InChI is InChI=1S/C13H21BrN4O3S/c1-4-22(20,21)17(3)10-5-7-18(8-6-10)11-9-15-16(2)13(19)12(11)14/h9-10H,4-8H2,1-3H3. The zero-order valence-electron chi connectivity index (χ0n) is 13.0. The summed E-state index contributed by atoms with van der Waals surface area (Å²) in [7, 11) is 0.0920. The van der Waals surface area contributed by atoms with Crippen LogP contribution in [0.4, 0.5) is 5.69 Å². The molecule has 0 radical (unpaired) electrons. The third-order valence-corrected chi connectivity index (χ3v) is 6.83. The maximum Gasteiger partial charge on any atom is 0.282 e. The summed E-state index contributed by atoms with van der Waals surface area (Å²) >= 11 is 3.33. The number of hydrogen-bond acceptors (Lipinski definition) is 5. The zero-order valence-corrected chi connectivity index (χ0v) is 15.4. The lowest BCUT2D eigenvalue weighted by atomic mass is 10.1. The van der Waals surface area contributed by atoms with Gasteiger partial charge in [-0.15, -0.1) is 0 Å². The van der Waals surface area contributed by atoms with E-state index in [-0.39, 0.29) is 17.4 Å². The first-order valence-electron chi connectivity index (χ1n) is 7.20. The summed E-state index contributed by atoms with van der Waals surface area (Å²) < 4.78 is 27.1. The largest absolute Gasteiger partial charge is 0.369 e. The van der Waals surface area contributed by atoms with Crippen molar-refractivity contribution in [3.05, 3.63) is 21.0 Å². The summed E-state index contributed by atoms with van der Waals surface area (Å²) in [5.74, 6) is 0.119. The van der Waals surface area contributed by atoms with Crippen molar-refractivity contribution in [3.63, 3.8) is 0 Å². The Balaban J connectivity index is 2.10. The maximum atomic E-state index is 11.9. The number of halogens is 1. The van der Waals surface area contributed by atoms with E-state index in [0.717, 1.165) is 18.5 Å². The summed E-state index contributed by atoms with van der Waals surface area (Å²) in [4.78, 5) is 14.0. The van der Waals surface area contributed by atoms with Crippen LogP contribution in [0.5, 0.6) is 0 Å². The Morgan fingerprint density at radius 3 is 2.55 bits per heavy atom. The highest BCUT2D eigenvalue weighted by atomic mass is 79.9. The second-order valence-electron chi connectivity index (χ2n) is 5.41. The van der Waals surface area contributed by atoms with Gasteiger partial charge in [-0.05, 0) is 35.7 Å². The van der Waals surface area contributed by atoms with Gasteiger partial charge in [0.2, 0.25) is 10.0 Å². The van der Waals surface area contributed by atoms with Crippen molar-refractivity contribution < 1.29 is 8.42 Å². The Hall–Kier alpha value is -0.930. The lowest BCUT2D eigenvalue weighted by Crippen LogP contribution is -2.46. The highest BCUT2D eigenvalue weighted by molar-refractivity contribution is 9.10. The zero-order chi connectivity index (χ0) is 16.5. The summed E-state index contributed by atoms with van der Waals surface area (Å²) in [6.45, 7) is 3.05. The Bertz CT molecular complexity index is 696. The van der Waals surface area contributed by atoms with Crippen LogP contribution in [0.2, 0.25) is 0 Å². The molecule has 124 valence electrons. The van der Waals surface area contributed by atoms with Gasteiger partial charge >= 0.3 is 0 Å². The molecule has 1 saturated heterocycles. The van der Waals surface area contributed by atoms with Gasteiger partial charge in [0.1, 0.15) is 4.47 Å². The van der Waals surface area contributed by atoms with E-state index in [2.05, 4.69) is 25.9 Å². The van der Waals surface area contributed by atoms with Gasteiger partial charge in [0.15, 0.2) is 0 Å². The van der Waals surface area contributed by atoms with Gasteiger partial charge in [0.25, 0.3) is 5.56 Å². The van der Waals surface area contributed by atoms with Gasteiger partial charge in [-0.25, -0.2) is 17.4 Å². The molecule has 22 heavy (non-hydrogen) atoms. The molecule has 1 aromatic rings. The number of aromatic nitrogens is 2. The van der Waals surface area contributed by atoms with Gasteiger partial charge in [0, 0.05) is 33.2 Å². The monoisotopic (exact) mass is 392 g/mol. The summed E-state index contributed by atoms with van der Waals surface area (Å²) in [6.07, 6.45) is 3.13. The smallest absolute Gasteiger partial charge is 0.282 e. The maximum absolute atomic E-state index is 11.9. The molecule has 0 saturated carbocycles. The van der Waals surface area contributed by atoms with E-state index in [1.807, 2.05) is 0 Å². The molecule has 1 fully saturated rings. The van der Waals surface area contributed by atoms with E-state index in [0.29, 0.717) is 17.6 Å². The van der Waals surface area contributed by atoms with Crippen LogP contribution in [0.1, 0.15) is 19.8 Å². The van der Waals surface area contributed by atoms with E-state index in [1.165, 1.54) is 8.99 Å². The normalized spacial score (nSPS) is 17.2. The molecule has 0 bridgehead atoms. The van der Waals surface area contributed by atoms with E-state index < -0.39 is 10.0 Å². The fourth-order valence-corrected chi connectivity index (χ4v) is 4.31. The molecule has 9 heteroatoms. The van der Waals surface area contributed by atoms with Crippen molar-refractivity contribution in [1.82, 2.24) is 14.1 Å². The van der Waals surface area contributed by atoms with Crippen LogP contribution in [0.25, 0.3) is 0 Å². The molecule has 7 nitrogen and oxygen atoms in total. The van der Waals surface area contributed by atoms with Crippen LogP contribution >= 0.6 is 15.9 Å². The molecular weight excluding hydrogens is 372 g/mol. The molecule has 0 aliphatic carbocycles. The fraction of sp³-hybridized carbons (Fsp3) is 0.692. The molecule has 0 amide bonds. The van der Waals surface area contributed by atoms with Crippen LogP contribution in [0.15, 0.2) is 15.5 Å². The molecule has 1 aliphatic rings. The molecule has 0 atom stereocenters. The summed E-state index contributed by atoms with van der Waals surface area (Å²) in [6, 6.07) is 0.0134. The third-order valence-electron chi connectivity index (χ3n) is 4.18. The van der Waals surface area contributed by atoms with Crippen LogP contribution in [0.3, 0.4) is 0 Å². The molecule has 0 unspecified atom stereocenters. The molecule has 0 N–H and O–H groups in total. The highest BCUT2D eigenvalue weighted by Gasteiger charge is 2.29. The highest BCUT2D eigenvalue weighted by Crippen LogP contribution is 2.26. The Kier molecular flexibility index (Phi) is 5.29. The number of aryl methyl sites for hydroxylation is 1. The van der Waals surface area contributed by atoms with Crippen LogP contribution < -0.4 is 10.5 Å². The van der Waals surface area contributed by atoms with Crippen molar-refractivity contribution >= 4 is 31.6 Å². The predicted molar refractivity (Wildman–Crippen MR) is 89.6 cm³/mol. The van der Waals surface area contributed by atoms with Gasteiger partial charge in [0.05, 0.1) is 17.6 Å². The van der Waals surface area contributed by atoms with Gasteiger partial charge in [-0.3, -0.25) is 4.79 Å². The predicted octanol–water partition coefficient (Wildman–Crippen LogP) is 0.793. The summed E-state index contributed by atoms with van der Waals surface area (Å²) in [5.41, 5.74) is 0.591. The lowest BCUT2D eigenvalue weighted by Gasteiger charge is -2.37. The Morgan fingerprint density at radius 2 is 2.00 bits per heavy atom. The molecule has 1 aromatic heterocycles. The average molecular weight is 393 g/mol. The first kappa shape index (κ1) is 17.4. The van der Waals surface area contributed by atoms with Crippen molar-refractivity contribution in [1.29, 1.82) is 0 Å². The number of piperidine rings is 1. The second-order valence-corrected chi connectivity index (χ2v) is 8.52. The third kappa shape index (κ3) is 3.36. The Labute approximate surface area is 139 Å². The first-order chi connectivity index (χ1) is 10.3. The van der Waals surface area contributed by atoms with Crippen LogP contribution in [-0.4, -0.2) is 54.4 Å². The topological polar surface area (TPSA) is 75.5 Å². The van der Waals surface area contributed by atoms with E-state index >= 15 is 0 Å². The van der Waals surface area contributed by atoms with Crippen molar-refractivity contribution in [2.75, 3.05) is 30.8 Å². The second kappa shape index (κ2) is 6.67. The van der Waals surface area contributed by atoms with Crippen LogP contribution in [0, 0.1) is 0 Å². The SMILES string of the molecule is CCS(=O)(=O)N(C)C1CCN(c2cnn(C)c(=O)c2Br)CC1. The molecular formula is C13H21BrN4O3S. The van der Waals surface area contributed by atoms with Crippen LogP contribution in [-0.2, 0) is 17.1 Å². The minimum Gasteiger partial charge on any atom is -0.369 e. The number of rotatable bonds is 4. The van der Waals surface area contributed by atoms with E-state index in [4.69, 9.17) is 0 Å². The summed E-state index contributed by atoms with van der Waals surface area (Å²) in [5, 5.41) is 4.05. The number of sulfonamides is 1. The van der Waals surface area contributed by atoms with Gasteiger partial charge < -0.3 is 4.90 Å². The van der Waals surface area contributed by atoms with Crippen molar-refractivity contribution in [2.24, 2.45) is 7.05 Å². The molecule has 0 spiro atoms. The number of nitrogens with zero attached hydrogens (tertiary/aromatic N) is 4. The number of hydrogen-bond donors (Lipinski definition) is 0. The molecule has 2 heterocycles. The number of anilines is 1. The van der Waals surface area contributed by atoms with Gasteiger partial charge in [-0.1, -0.05) is 0 Å². The van der Waals surface area contributed by atoms with Crippen molar-refractivity contribution in [2.45, 2.75) is 25.8 Å². The van der Waals surface area contributed by atoms with Crippen molar-refractivity contribution in [3.8, 4) is 0 Å². The molecule has 1 aliphatic heterocycles.